The zero-order valence-corrected chi connectivity index (χ0v) is 17.9. The van der Waals surface area contributed by atoms with Gasteiger partial charge in [-0.3, -0.25) is 9.59 Å². The molecule has 7 nitrogen and oxygen atoms in total. The molecule has 1 N–H and O–H groups in total. The molecule has 2 amide bonds. The molecule has 1 spiro atoms. The van der Waals surface area contributed by atoms with Gasteiger partial charge in [0.25, 0.3) is 0 Å². The number of halogens is 1. The molecule has 8 heteroatoms. The van der Waals surface area contributed by atoms with Gasteiger partial charge in [0.15, 0.2) is 5.82 Å². The molecule has 0 bridgehead atoms. The second kappa shape index (κ2) is 7.35. The summed E-state index contributed by atoms with van der Waals surface area (Å²) in [5.74, 6) is 0.544. The van der Waals surface area contributed by atoms with Gasteiger partial charge in [0.2, 0.25) is 11.8 Å². The average molecular weight is 426 g/mol. The lowest BCUT2D eigenvalue weighted by atomic mass is 9.82. The highest BCUT2D eigenvalue weighted by Crippen LogP contribution is 2.47. The number of nitrogens with zero attached hydrogens (tertiary/aromatic N) is 4. The average Bonchev–Trinajstić information content (AvgIpc) is 3.36. The van der Waals surface area contributed by atoms with Crippen molar-refractivity contribution in [1.29, 1.82) is 0 Å². The van der Waals surface area contributed by atoms with E-state index in [2.05, 4.69) is 25.8 Å². The Morgan fingerprint density at radius 1 is 1.29 bits per heavy atom. The summed E-state index contributed by atoms with van der Waals surface area (Å²) in [5, 5.41) is 2.99. The lowest BCUT2D eigenvalue weighted by molar-refractivity contribution is -0.139. The first-order valence-electron chi connectivity index (χ1n) is 11.0. The van der Waals surface area contributed by atoms with Crippen LogP contribution in [0.4, 0.5) is 10.1 Å². The minimum absolute atomic E-state index is 0.0347. The molecule has 2 fully saturated rings. The van der Waals surface area contributed by atoms with Crippen LogP contribution < -0.4 is 10.2 Å². The highest BCUT2D eigenvalue weighted by molar-refractivity contribution is 5.85. The molecule has 2 aromatic heterocycles. The van der Waals surface area contributed by atoms with Crippen molar-refractivity contribution in [3.05, 3.63) is 42.4 Å². The van der Waals surface area contributed by atoms with Crippen LogP contribution in [0.15, 0.2) is 36.7 Å². The normalized spacial score (nSPS) is 26.6. The van der Waals surface area contributed by atoms with Gasteiger partial charge in [-0.1, -0.05) is 0 Å². The number of nitrogens with one attached hydrogen (secondary N) is 1. The van der Waals surface area contributed by atoms with E-state index in [1.807, 2.05) is 43.1 Å². The van der Waals surface area contributed by atoms with Gasteiger partial charge < -0.3 is 19.7 Å². The number of carbonyl (C=O) groups is 2. The minimum Gasteiger partial charge on any atom is -0.352 e. The monoisotopic (exact) mass is 425 g/mol. The van der Waals surface area contributed by atoms with Crippen LogP contribution in [0.1, 0.15) is 38.8 Å². The lowest BCUT2D eigenvalue weighted by Crippen LogP contribution is -2.56. The van der Waals surface area contributed by atoms with Gasteiger partial charge >= 0.3 is 0 Å². The number of anilines is 1. The second-order valence-electron chi connectivity index (χ2n) is 9.22. The zero-order chi connectivity index (χ0) is 21.8. The molecule has 0 radical (unpaired) electrons. The Balaban J connectivity index is 1.52. The molecule has 1 saturated carbocycles. The van der Waals surface area contributed by atoms with Crippen molar-refractivity contribution in [1.82, 2.24) is 19.8 Å². The first-order chi connectivity index (χ1) is 14.9. The molecular formula is C23H28FN5O2. The van der Waals surface area contributed by atoms with Gasteiger partial charge in [0.05, 0.1) is 17.9 Å². The first-order valence-corrected chi connectivity index (χ1v) is 11.0. The van der Waals surface area contributed by atoms with Crippen LogP contribution in [0, 0.1) is 5.92 Å². The molecule has 1 atom stereocenters. The number of amides is 2. The van der Waals surface area contributed by atoms with E-state index in [9.17, 15) is 14.0 Å². The third kappa shape index (κ3) is 3.20. The molecular weight excluding hydrogens is 397 g/mol. The number of alkyl halides is 1. The first kappa shape index (κ1) is 20.0. The van der Waals surface area contributed by atoms with E-state index in [-0.39, 0.29) is 30.3 Å². The highest BCUT2D eigenvalue weighted by atomic mass is 19.1. The van der Waals surface area contributed by atoms with Crippen molar-refractivity contribution < 1.29 is 14.0 Å². The van der Waals surface area contributed by atoms with E-state index in [1.165, 1.54) is 0 Å². The van der Waals surface area contributed by atoms with Crippen molar-refractivity contribution in [2.45, 2.75) is 50.9 Å². The Morgan fingerprint density at radius 3 is 2.84 bits per heavy atom. The van der Waals surface area contributed by atoms with Crippen molar-refractivity contribution in [2.24, 2.45) is 5.92 Å². The van der Waals surface area contributed by atoms with Crippen LogP contribution >= 0.6 is 0 Å². The molecule has 31 heavy (non-hydrogen) atoms. The smallest absolute Gasteiger partial charge is 0.239 e. The SMILES string of the molecule is CC(C)NC(=O)CN1c2cccnc2-n2cccc2[C@@]12CCN(C(=O)C1CC(F)C1)C2. The molecule has 164 valence electrons. The predicted molar refractivity (Wildman–Crippen MR) is 115 cm³/mol. The molecule has 1 saturated heterocycles. The minimum atomic E-state index is -0.855. The number of rotatable bonds is 4. The number of fused-ring (bicyclic) bond motifs is 4. The summed E-state index contributed by atoms with van der Waals surface area (Å²) in [7, 11) is 0. The maximum Gasteiger partial charge on any atom is 0.239 e. The fraction of sp³-hybridized carbons (Fsp3) is 0.522. The van der Waals surface area contributed by atoms with E-state index < -0.39 is 11.7 Å². The number of carbonyl (C=O) groups excluding carboxylic acids is 2. The van der Waals surface area contributed by atoms with Crippen molar-refractivity contribution >= 4 is 17.5 Å². The summed E-state index contributed by atoms with van der Waals surface area (Å²) in [6.45, 7) is 5.14. The molecule has 2 aromatic rings. The number of hydrogen-bond acceptors (Lipinski definition) is 4. The summed E-state index contributed by atoms with van der Waals surface area (Å²) in [5.41, 5.74) is 1.39. The van der Waals surface area contributed by atoms with Crippen LogP contribution in [0.3, 0.4) is 0 Å². The van der Waals surface area contributed by atoms with Gasteiger partial charge in [0.1, 0.15) is 11.7 Å². The standard InChI is InChI=1S/C23H28FN5O2/c1-15(2)26-20(30)13-29-18-5-3-8-25-21(18)28-9-4-6-19(28)23(29)7-10-27(14-23)22(31)16-11-17(24)12-16/h3-6,8-9,15-17H,7,10-14H2,1-2H3,(H,26,30)/t16?,17?,23-/m0/s1. The Kier molecular flexibility index (Phi) is 4.75. The van der Waals surface area contributed by atoms with Gasteiger partial charge in [0, 0.05) is 37.4 Å². The summed E-state index contributed by atoms with van der Waals surface area (Å²) < 4.78 is 15.4. The Labute approximate surface area is 181 Å². The molecule has 3 aliphatic rings. The van der Waals surface area contributed by atoms with Crippen LogP contribution in [-0.4, -0.2) is 58.1 Å². The third-order valence-corrected chi connectivity index (χ3v) is 6.77. The van der Waals surface area contributed by atoms with E-state index in [4.69, 9.17) is 0 Å². The molecule has 5 rings (SSSR count). The summed E-state index contributed by atoms with van der Waals surface area (Å²) >= 11 is 0. The van der Waals surface area contributed by atoms with Crippen LogP contribution in [0.25, 0.3) is 5.82 Å². The number of likely N-dealkylation sites (tertiary alicyclic amines) is 1. The fourth-order valence-corrected chi connectivity index (χ4v) is 5.27. The second-order valence-corrected chi connectivity index (χ2v) is 9.22. The Morgan fingerprint density at radius 2 is 2.10 bits per heavy atom. The quantitative estimate of drug-likeness (QED) is 0.817. The molecule has 0 unspecified atom stereocenters. The van der Waals surface area contributed by atoms with Crippen LogP contribution in [-0.2, 0) is 15.1 Å². The van der Waals surface area contributed by atoms with Gasteiger partial charge in [-0.2, -0.15) is 0 Å². The lowest BCUT2D eigenvalue weighted by Gasteiger charge is -2.47. The summed E-state index contributed by atoms with van der Waals surface area (Å²) in [4.78, 5) is 34.4. The van der Waals surface area contributed by atoms with Crippen LogP contribution in [0.5, 0.6) is 0 Å². The Hall–Kier alpha value is -2.90. The maximum atomic E-state index is 13.4. The fourth-order valence-electron chi connectivity index (χ4n) is 5.27. The van der Waals surface area contributed by atoms with Gasteiger partial charge in [-0.05, 0) is 57.4 Å². The van der Waals surface area contributed by atoms with Gasteiger partial charge in [-0.15, -0.1) is 0 Å². The van der Waals surface area contributed by atoms with E-state index in [1.54, 1.807) is 6.20 Å². The zero-order valence-electron chi connectivity index (χ0n) is 17.9. The highest BCUT2D eigenvalue weighted by Gasteiger charge is 2.52. The third-order valence-electron chi connectivity index (χ3n) is 6.77. The molecule has 0 aromatic carbocycles. The summed E-state index contributed by atoms with van der Waals surface area (Å²) in [6, 6.07) is 7.94. The van der Waals surface area contributed by atoms with E-state index >= 15 is 0 Å². The molecule has 1 aliphatic carbocycles. The van der Waals surface area contributed by atoms with E-state index in [0.29, 0.717) is 32.4 Å². The topological polar surface area (TPSA) is 70.5 Å². The largest absolute Gasteiger partial charge is 0.352 e. The Bertz CT molecular complexity index is 1010. The van der Waals surface area contributed by atoms with Crippen LogP contribution in [0.2, 0.25) is 0 Å². The van der Waals surface area contributed by atoms with Gasteiger partial charge in [-0.25, -0.2) is 9.37 Å². The van der Waals surface area contributed by atoms with E-state index in [0.717, 1.165) is 17.2 Å². The van der Waals surface area contributed by atoms with Crippen molar-refractivity contribution in [3.63, 3.8) is 0 Å². The molecule has 4 heterocycles. The number of hydrogen-bond donors (Lipinski definition) is 1. The van der Waals surface area contributed by atoms with Crippen molar-refractivity contribution in [3.8, 4) is 5.82 Å². The van der Waals surface area contributed by atoms with Crippen molar-refractivity contribution in [2.75, 3.05) is 24.5 Å². The number of pyridine rings is 1. The molecule has 2 aliphatic heterocycles. The maximum absolute atomic E-state index is 13.4. The summed E-state index contributed by atoms with van der Waals surface area (Å²) in [6.07, 6.45) is 4.24. The number of aromatic nitrogens is 2. The predicted octanol–water partition coefficient (Wildman–Crippen LogP) is 2.39.